The minimum Gasteiger partial charge on any atom is -0.451 e. The molecule has 0 bridgehead atoms. The first-order valence-corrected chi connectivity index (χ1v) is 18.0. The fourth-order valence-corrected chi connectivity index (χ4v) is 6.96. The van der Waals surface area contributed by atoms with Crippen molar-refractivity contribution in [2.75, 3.05) is 18.5 Å². The maximum atomic E-state index is 13.8. The fraction of sp³-hybridized carbons (Fsp3) is 0.250. The van der Waals surface area contributed by atoms with Gasteiger partial charge in [0.2, 0.25) is 0 Å². The molecule has 16 heteroatoms. The zero-order chi connectivity index (χ0) is 36.7. The van der Waals surface area contributed by atoms with Crippen LogP contribution in [0.4, 0.5) is 5.82 Å². The van der Waals surface area contributed by atoms with Gasteiger partial charge in [0.15, 0.2) is 34.9 Å². The number of nitrogens with one attached hydrogen (secondary N) is 1. The van der Waals surface area contributed by atoms with Crippen LogP contribution in [-0.4, -0.2) is 73.8 Å². The van der Waals surface area contributed by atoms with Gasteiger partial charge in [0.1, 0.15) is 12.4 Å². The van der Waals surface area contributed by atoms with E-state index in [2.05, 4.69) is 25.6 Å². The van der Waals surface area contributed by atoms with E-state index in [9.17, 15) is 18.9 Å². The van der Waals surface area contributed by atoms with E-state index in [4.69, 9.17) is 23.3 Å². The highest BCUT2D eigenvalue weighted by atomic mass is 31.2. The van der Waals surface area contributed by atoms with E-state index in [1.165, 1.54) is 29.8 Å². The van der Waals surface area contributed by atoms with Crippen molar-refractivity contribution in [3.63, 3.8) is 0 Å². The topological polar surface area (TPSA) is 183 Å². The highest BCUT2D eigenvalue weighted by Gasteiger charge is 2.60. The number of fused-ring (bicyclic) bond motifs is 1. The van der Waals surface area contributed by atoms with E-state index >= 15 is 0 Å². The van der Waals surface area contributed by atoms with E-state index < -0.39 is 49.5 Å². The number of amides is 1. The molecule has 3 heterocycles. The van der Waals surface area contributed by atoms with Crippen molar-refractivity contribution >= 4 is 42.4 Å². The van der Waals surface area contributed by atoms with Crippen molar-refractivity contribution in [2.24, 2.45) is 0 Å². The summed E-state index contributed by atoms with van der Waals surface area (Å²) in [6.07, 6.45) is -1.36. The molecule has 2 aromatic heterocycles. The maximum Gasteiger partial charge on any atom is 0.353 e. The minimum atomic E-state index is -3.78. The van der Waals surface area contributed by atoms with Crippen LogP contribution in [0.2, 0.25) is 0 Å². The number of carbonyl (C=O) groups excluding carboxylic acids is 3. The Morgan fingerprint density at radius 3 is 2.04 bits per heavy atom. The summed E-state index contributed by atoms with van der Waals surface area (Å²) in [5.41, 5.74) is -0.832. The zero-order valence-electron chi connectivity index (χ0n) is 28.4. The lowest BCUT2D eigenvalue weighted by Gasteiger charge is -2.34. The van der Waals surface area contributed by atoms with Gasteiger partial charge in [-0.1, -0.05) is 59.8 Å². The SMILES string of the molecule is CCOP(=O)(/C=C/[C@H]1O[C@@H](n2nnc3c(NC(=O)c4ccccc4)ncnc32)[C@](C)(OC(=O)c2ccccc2)[C@@H]1OC(=O)c1ccccc1)OCC. The standard InChI is InChI=1S/C36H35N6O9P/c1-4-47-52(46,48-5-2)22-21-27-29(50-33(44)25-17-11-7-12-18-25)36(3,51-34(45)26-19-13-8-14-20-26)35(49-27)42-31-28(40-41-42)30(37-23-38-31)39-32(43)24-15-9-6-10-16-24/h6-23,27,29,35H,4-5H2,1-3H3,(H,37,38,39,43)/b22-21+/t27-,29-,35-,36-/m1/s1. The Morgan fingerprint density at radius 2 is 1.44 bits per heavy atom. The molecule has 1 aliphatic heterocycles. The molecule has 1 saturated heterocycles. The average molecular weight is 727 g/mol. The van der Waals surface area contributed by atoms with Crippen LogP contribution in [0.5, 0.6) is 0 Å². The second-order valence-electron chi connectivity index (χ2n) is 11.5. The second kappa shape index (κ2) is 15.7. The van der Waals surface area contributed by atoms with Gasteiger partial charge < -0.3 is 28.6 Å². The van der Waals surface area contributed by atoms with Gasteiger partial charge in [-0.3, -0.25) is 9.36 Å². The summed E-state index contributed by atoms with van der Waals surface area (Å²) in [5.74, 6) is -0.672. The summed E-state index contributed by atoms with van der Waals surface area (Å²) in [6, 6.07) is 25.0. The molecule has 52 heavy (non-hydrogen) atoms. The van der Waals surface area contributed by atoms with Gasteiger partial charge in [-0.2, -0.15) is 4.68 Å². The van der Waals surface area contributed by atoms with E-state index in [-0.39, 0.29) is 41.3 Å². The van der Waals surface area contributed by atoms with Gasteiger partial charge in [0.05, 0.1) is 24.3 Å². The van der Waals surface area contributed by atoms with Crippen LogP contribution in [-0.2, 0) is 27.8 Å². The quantitative estimate of drug-likeness (QED) is 0.110. The van der Waals surface area contributed by atoms with E-state index in [0.29, 0.717) is 5.56 Å². The Labute approximate surface area is 298 Å². The predicted octanol–water partition coefficient (Wildman–Crippen LogP) is 5.99. The van der Waals surface area contributed by atoms with Crippen LogP contribution in [0.15, 0.2) is 109 Å². The van der Waals surface area contributed by atoms with Gasteiger partial charge in [-0.25, -0.2) is 19.6 Å². The van der Waals surface area contributed by atoms with Crippen molar-refractivity contribution in [2.45, 2.75) is 44.8 Å². The Hall–Kier alpha value is -5.60. The summed E-state index contributed by atoms with van der Waals surface area (Å²) >= 11 is 0. The molecule has 0 saturated carbocycles. The normalized spacial score (nSPS) is 20.2. The molecule has 1 N–H and O–H groups in total. The first kappa shape index (κ1) is 36.2. The number of anilines is 1. The van der Waals surface area contributed by atoms with Gasteiger partial charge in [-0.15, -0.1) is 5.10 Å². The molecule has 0 spiro atoms. The summed E-state index contributed by atoms with van der Waals surface area (Å²) in [5, 5.41) is 11.3. The lowest BCUT2D eigenvalue weighted by atomic mass is 9.95. The number of esters is 2. The Morgan fingerprint density at radius 1 is 0.865 bits per heavy atom. The third-order valence-corrected chi connectivity index (χ3v) is 9.81. The molecule has 6 rings (SSSR count). The number of benzene rings is 3. The monoisotopic (exact) mass is 726 g/mol. The lowest BCUT2D eigenvalue weighted by molar-refractivity contribution is -0.112. The van der Waals surface area contributed by atoms with Crippen LogP contribution in [0.25, 0.3) is 11.2 Å². The predicted molar refractivity (Wildman–Crippen MR) is 187 cm³/mol. The van der Waals surface area contributed by atoms with Gasteiger partial charge in [0.25, 0.3) is 5.91 Å². The second-order valence-corrected chi connectivity index (χ2v) is 13.4. The molecule has 4 atom stereocenters. The van der Waals surface area contributed by atoms with Crippen molar-refractivity contribution < 1.29 is 42.2 Å². The first-order chi connectivity index (χ1) is 25.2. The number of carbonyl (C=O) groups is 3. The Bertz CT molecular complexity index is 2110. The summed E-state index contributed by atoms with van der Waals surface area (Å²) in [7, 11) is -3.78. The molecule has 1 fully saturated rings. The smallest absolute Gasteiger partial charge is 0.353 e. The molecule has 15 nitrogen and oxygen atoms in total. The first-order valence-electron chi connectivity index (χ1n) is 16.4. The molecular weight excluding hydrogens is 691 g/mol. The molecule has 5 aromatic rings. The third kappa shape index (κ3) is 7.67. The summed E-state index contributed by atoms with van der Waals surface area (Å²) in [4.78, 5) is 49.0. The molecule has 268 valence electrons. The van der Waals surface area contributed by atoms with E-state index in [1.54, 1.807) is 105 Å². The molecule has 1 aliphatic rings. The zero-order valence-corrected chi connectivity index (χ0v) is 29.3. The molecular formula is C36H35N6O9P. The molecule has 3 aromatic carbocycles. The lowest BCUT2D eigenvalue weighted by Crippen LogP contribution is -2.49. The van der Waals surface area contributed by atoms with E-state index in [0.717, 1.165) is 0 Å². The highest BCUT2D eigenvalue weighted by molar-refractivity contribution is 7.57. The third-order valence-electron chi connectivity index (χ3n) is 8.03. The van der Waals surface area contributed by atoms with Crippen molar-refractivity contribution in [3.8, 4) is 0 Å². The van der Waals surface area contributed by atoms with Crippen LogP contribution in [0.3, 0.4) is 0 Å². The van der Waals surface area contributed by atoms with Crippen molar-refractivity contribution in [1.82, 2.24) is 25.0 Å². The molecule has 0 radical (unpaired) electrons. The number of nitrogens with zero attached hydrogens (tertiary/aromatic N) is 5. The Balaban J connectivity index is 1.45. The Kier molecular flexibility index (Phi) is 11.0. The van der Waals surface area contributed by atoms with Crippen molar-refractivity contribution in [3.05, 3.63) is 126 Å². The number of ether oxygens (including phenoxy) is 3. The molecule has 0 aliphatic carbocycles. The largest absolute Gasteiger partial charge is 0.451 e. The van der Waals surface area contributed by atoms with Crippen LogP contribution < -0.4 is 5.32 Å². The summed E-state index contributed by atoms with van der Waals surface area (Å²) in [6.45, 7) is 5.03. The van der Waals surface area contributed by atoms with Crippen molar-refractivity contribution in [1.29, 1.82) is 0 Å². The number of hydrogen-bond acceptors (Lipinski definition) is 13. The average Bonchev–Trinajstić information content (AvgIpc) is 3.70. The maximum absolute atomic E-state index is 13.8. The fourth-order valence-electron chi connectivity index (χ4n) is 5.61. The number of hydrogen-bond donors (Lipinski definition) is 1. The number of rotatable bonds is 13. The molecule has 1 amide bonds. The van der Waals surface area contributed by atoms with Gasteiger partial charge in [0, 0.05) is 11.4 Å². The number of aromatic nitrogens is 5. The summed E-state index contributed by atoms with van der Waals surface area (Å²) < 4.78 is 44.4. The van der Waals surface area contributed by atoms with Crippen LogP contribution in [0, 0.1) is 0 Å². The highest BCUT2D eigenvalue weighted by Crippen LogP contribution is 2.51. The minimum absolute atomic E-state index is 0.0592. The van der Waals surface area contributed by atoms with Gasteiger partial charge in [-0.05, 0) is 63.2 Å². The van der Waals surface area contributed by atoms with Crippen LogP contribution >= 0.6 is 7.60 Å². The molecule has 0 unspecified atom stereocenters. The van der Waals surface area contributed by atoms with Crippen LogP contribution in [0.1, 0.15) is 58.1 Å². The van der Waals surface area contributed by atoms with E-state index in [1.807, 2.05) is 0 Å². The van der Waals surface area contributed by atoms with Gasteiger partial charge >= 0.3 is 19.5 Å².